The van der Waals surface area contributed by atoms with E-state index < -0.39 is 5.41 Å². The smallest absolute Gasteiger partial charge is 0.209 e. The van der Waals surface area contributed by atoms with Gasteiger partial charge in [-0.15, -0.1) is 0 Å². The fourth-order valence-electron chi connectivity index (χ4n) is 5.43. The number of carbonyl (C=O) groups is 1. The van der Waals surface area contributed by atoms with Gasteiger partial charge < -0.3 is 9.67 Å². The molecule has 0 radical (unpaired) electrons. The molecule has 2 aliphatic rings. The number of rotatable bonds is 4. The van der Waals surface area contributed by atoms with Crippen molar-refractivity contribution in [1.29, 1.82) is 5.26 Å². The number of fused-ring (bicyclic) bond motifs is 2. The van der Waals surface area contributed by atoms with Crippen LogP contribution < -0.4 is 0 Å². The summed E-state index contributed by atoms with van der Waals surface area (Å²) in [6.45, 7) is 9.09. The van der Waals surface area contributed by atoms with Gasteiger partial charge in [-0.3, -0.25) is 4.79 Å². The lowest BCUT2D eigenvalue weighted by Crippen LogP contribution is -2.31. The van der Waals surface area contributed by atoms with Gasteiger partial charge in [0.15, 0.2) is 5.71 Å². The first-order valence-corrected chi connectivity index (χ1v) is 11.7. The Balaban J connectivity index is 1.67. The highest BCUT2D eigenvalue weighted by atomic mass is 16.3. The summed E-state index contributed by atoms with van der Waals surface area (Å²) in [7, 11) is 1.98. The number of aliphatic hydroxyl groups excluding tert-OH is 1. The van der Waals surface area contributed by atoms with Gasteiger partial charge in [-0.2, -0.15) is 9.84 Å². The van der Waals surface area contributed by atoms with Crippen LogP contribution in [0.1, 0.15) is 49.6 Å². The molecular formula is C29H28N3O2+. The average Bonchev–Trinajstić information content (AvgIpc) is 3.20. The van der Waals surface area contributed by atoms with Crippen LogP contribution in [0.25, 0.3) is 16.5 Å². The summed E-state index contributed by atoms with van der Waals surface area (Å²) in [5.74, 6) is -0.0803. The lowest BCUT2D eigenvalue weighted by molar-refractivity contribution is -0.437. The maximum atomic E-state index is 13.4. The zero-order valence-electron chi connectivity index (χ0n) is 20.2. The highest BCUT2D eigenvalue weighted by Gasteiger charge is 2.47. The van der Waals surface area contributed by atoms with Crippen molar-refractivity contribution in [1.82, 2.24) is 4.57 Å². The molecule has 1 aliphatic carbocycles. The molecule has 0 atom stereocenters. The lowest BCUT2D eigenvalue weighted by atomic mass is 9.77. The molecular weight excluding hydrogens is 422 g/mol. The number of hydrogen-bond acceptors (Lipinski definition) is 3. The summed E-state index contributed by atoms with van der Waals surface area (Å²) in [6.07, 6.45) is 2.78. The SMILES string of the molecule is CCC[N+]1=C(/C=C2/C(=O)C(c3c(C)n(C)c4ccccc34)=C2O)C(C)(C)c2cc(C#N)ccc21. The normalized spacial score (nSPS) is 18.0. The predicted octanol–water partition coefficient (Wildman–Crippen LogP) is 5.62. The van der Waals surface area contributed by atoms with Crippen LogP contribution in [0, 0.1) is 18.3 Å². The molecule has 2 heterocycles. The first-order valence-electron chi connectivity index (χ1n) is 11.7. The van der Waals surface area contributed by atoms with Crippen molar-refractivity contribution in [2.45, 2.75) is 39.5 Å². The summed E-state index contributed by atoms with van der Waals surface area (Å²) in [5, 5.41) is 21.5. The molecule has 0 unspecified atom stereocenters. The molecule has 34 heavy (non-hydrogen) atoms. The first kappa shape index (κ1) is 21.9. The number of hydrogen-bond donors (Lipinski definition) is 1. The fourth-order valence-corrected chi connectivity index (χ4v) is 5.43. The summed E-state index contributed by atoms with van der Waals surface area (Å²) >= 11 is 0. The van der Waals surface area contributed by atoms with Gasteiger partial charge in [0.05, 0.1) is 28.2 Å². The summed E-state index contributed by atoms with van der Waals surface area (Å²) in [4.78, 5) is 13.4. The third kappa shape index (κ3) is 2.85. The predicted molar refractivity (Wildman–Crippen MR) is 135 cm³/mol. The van der Waals surface area contributed by atoms with Gasteiger partial charge in [-0.25, -0.2) is 0 Å². The fraction of sp³-hybridized carbons (Fsp3) is 0.276. The number of aryl methyl sites for hydroxylation is 1. The van der Waals surface area contributed by atoms with E-state index in [1.54, 1.807) is 0 Å². The zero-order valence-corrected chi connectivity index (χ0v) is 20.2. The number of nitriles is 1. The Morgan fingerprint density at radius 1 is 1.21 bits per heavy atom. The number of aromatic nitrogens is 1. The van der Waals surface area contributed by atoms with Gasteiger partial charge >= 0.3 is 0 Å². The molecule has 2 aromatic carbocycles. The van der Waals surface area contributed by atoms with E-state index in [0.29, 0.717) is 16.7 Å². The Kier molecular flexibility index (Phi) is 4.87. The third-order valence-electron chi connectivity index (χ3n) is 7.36. The minimum absolute atomic E-state index is 0.0536. The second kappa shape index (κ2) is 7.56. The van der Waals surface area contributed by atoms with Crippen LogP contribution in [0.5, 0.6) is 0 Å². The minimum Gasteiger partial charge on any atom is -0.506 e. The van der Waals surface area contributed by atoms with Crippen molar-refractivity contribution >= 4 is 33.7 Å². The molecule has 5 heteroatoms. The minimum atomic E-state index is -0.407. The summed E-state index contributed by atoms with van der Waals surface area (Å²) < 4.78 is 4.27. The Morgan fingerprint density at radius 3 is 2.62 bits per heavy atom. The number of carbonyl (C=O) groups excluding carboxylic acids is 1. The van der Waals surface area contributed by atoms with E-state index in [4.69, 9.17) is 0 Å². The average molecular weight is 451 g/mol. The molecule has 0 fully saturated rings. The molecule has 0 amide bonds. The van der Waals surface area contributed by atoms with E-state index >= 15 is 0 Å². The van der Waals surface area contributed by atoms with Crippen LogP contribution in [0.3, 0.4) is 0 Å². The number of allylic oxidation sites excluding steroid dienone is 3. The van der Waals surface area contributed by atoms with Crippen molar-refractivity contribution in [3.05, 3.63) is 82.3 Å². The molecule has 0 spiro atoms. The Morgan fingerprint density at radius 2 is 1.94 bits per heavy atom. The Hall–Kier alpha value is -3.91. The second-order valence-electron chi connectivity index (χ2n) is 9.65. The molecule has 3 aromatic rings. The van der Waals surface area contributed by atoms with Gasteiger partial charge in [0, 0.05) is 53.3 Å². The molecule has 5 rings (SSSR count). The van der Waals surface area contributed by atoms with E-state index in [2.05, 4.69) is 36.0 Å². The Bertz CT molecular complexity index is 1540. The van der Waals surface area contributed by atoms with Crippen molar-refractivity contribution in [2.24, 2.45) is 7.05 Å². The number of Topliss-reactive ketones (excluding diaryl/α,β-unsaturated/α-hetero) is 1. The molecule has 1 aromatic heterocycles. The topological polar surface area (TPSA) is 69.0 Å². The molecule has 170 valence electrons. The van der Waals surface area contributed by atoms with Gasteiger partial charge in [-0.05, 0) is 39.0 Å². The van der Waals surface area contributed by atoms with Crippen molar-refractivity contribution in [3.8, 4) is 6.07 Å². The number of para-hydroxylation sites is 1. The maximum absolute atomic E-state index is 13.4. The maximum Gasteiger partial charge on any atom is 0.209 e. The van der Waals surface area contributed by atoms with E-state index in [-0.39, 0.29) is 11.5 Å². The number of aliphatic hydroxyl groups is 1. The molecule has 1 N–H and O–H groups in total. The van der Waals surface area contributed by atoms with Crippen LogP contribution in [-0.4, -0.2) is 32.3 Å². The van der Waals surface area contributed by atoms with E-state index in [1.807, 2.05) is 62.5 Å². The van der Waals surface area contributed by atoms with E-state index in [0.717, 1.165) is 52.1 Å². The third-order valence-corrected chi connectivity index (χ3v) is 7.36. The first-order chi connectivity index (χ1) is 16.2. The molecule has 1 aliphatic heterocycles. The van der Waals surface area contributed by atoms with Gasteiger partial charge in [0.1, 0.15) is 12.3 Å². The highest BCUT2D eigenvalue weighted by Crippen LogP contribution is 2.45. The Labute approximate surface area is 199 Å². The van der Waals surface area contributed by atoms with Crippen LogP contribution in [-0.2, 0) is 17.3 Å². The van der Waals surface area contributed by atoms with Crippen LogP contribution in [0.15, 0.2) is 59.9 Å². The van der Waals surface area contributed by atoms with Gasteiger partial charge in [0.2, 0.25) is 11.5 Å². The molecule has 0 bridgehead atoms. The van der Waals surface area contributed by atoms with Gasteiger partial charge in [0.25, 0.3) is 0 Å². The molecule has 0 saturated heterocycles. The van der Waals surface area contributed by atoms with Crippen molar-refractivity contribution in [2.75, 3.05) is 6.54 Å². The molecule has 0 saturated carbocycles. The monoisotopic (exact) mass is 450 g/mol. The lowest BCUT2D eigenvalue weighted by Gasteiger charge is -2.23. The van der Waals surface area contributed by atoms with E-state index in [1.165, 1.54) is 0 Å². The van der Waals surface area contributed by atoms with Crippen molar-refractivity contribution < 1.29 is 14.5 Å². The van der Waals surface area contributed by atoms with Crippen LogP contribution >= 0.6 is 0 Å². The zero-order chi connectivity index (χ0) is 24.4. The van der Waals surface area contributed by atoms with Crippen LogP contribution in [0.4, 0.5) is 5.69 Å². The van der Waals surface area contributed by atoms with E-state index in [9.17, 15) is 15.2 Å². The van der Waals surface area contributed by atoms with Gasteiger partial charge in [-0.1, -0.05) is 25.1 Å². The largest absolute Gasteiger partial charge is 0.506 e. The number of ketones is 1. The standard InChI is InChI=1S/C29H27N3O2/c1-6-13-32-23-12-11-18(16-30)14-21(23)29(3,4)24(32)15-20-27(33)26(28(20)34)25-17(2)31(5)22-10-8-7-9-19(22)25/h7-12,14-15H,6,13H2,1-5H3/p+1. The summed E-state index contributed by atoms with van der Waals surface area (Å²) in [6, 6.07) is 15.9. The summed E-state index contributed by atoms with van der Waals surface area (Å²) in [5.41, 5.74) is 6.82. The molecule has 5 nitrogen and oxygen atoms in total. The van der Waals surface area contributed by atoms with Crippen molar-refractivity contribution in [3.63, 3.8) is 0 Å². The van der Waals surface area contributed by atoms with Crippen LogP contribution in [0.2, 0.25) is 0 Å². The number of nitrogens with zero attached hydrogens (tertiary/aromatic N) is 3. The number of benzene rings is 2. The second-order valence-corrected chi connectivity index (χ2v) is 9.65. The highest BCUT2D eigenvalue weighted by molar-refractivity contribution is 6.41. The quantitative estimate of drug-likeness (QED) is 0.414.